The number of likely N-dealkylation sites (tertiary alicyclic amines) is 1. The third-order valence-electron chi connectivity index (χ3n) is 4.69. The monoisotopic (exact) mass is 276 g/mol. The van der Waals surface area contributed by atoms with Crippen LogP contribution in [0.25, 0.3) is 0 Å². The molecular formula is C17H25FN2. The first-order valence-corrected chi connectivity index (χ1v) is 7.95. The van der Waals surface area contributed by atoms with Gasteiger partial charge in [0.05, 0.1) is 0 Å². The minimum Gasteiger partial charge on any atom is -0.312 e. The molecule has 1 aromatic carbocycles. The molecule has 3 rings (SSSR count). The Morgan fingerprint density at radius 3 is 2.85 bits per heavy atom. The second-order valence-corrected chi connectivity index (χ2v) is 6.39. The average Bonchev–Trinajstić information content (AvgIpc) is 3.29. The maximum atomic E-state index is 13.4. The van der Waals surface area contributed by atoms with Crippen LogP contribution >= 0.6 is 0 Å². The molecule has 1 N–H and O–H groups in total. The van der Waals surface area contributed by atoms with Crippen molar-refractivity contribution in [2.75, 3.05) is 26.2 Å². The Bertz CT molecular complexity index is 444. The molecule has 20 heavy (non-hydrogen) atoms. The van der Waals surface area contributed by atoms with Gasteiger partial charge in [0.1, 0.15) is 5.82 Å². The SMILES string of the molecule is CCN1CC(NCC2CC2)CC(c2cccc(F)c2)C1. The topological polar surface area (TPSA) is 15.3 Å². The summed E-state index contributed by atoms with van der Waals surface area (Å²) in [6.45, 7) is 6.65. The molecule has 1 saturated carbocycles. The lowest BCUT2D eigenvalue weighted by Crippen LogP contribution is -2.48. The van der Waals surface area contributed by atoms with E-state index in [1.165, 1.54) is 18.9 Å². The van der Waals surface area contributed by atoms with Crippen molar-refractivity contribution in [3.8, 4) is 0 Å². The highest BCUT2D eigenvalue weighted by Gasteiger charge is 2.29. The van der Waals surface area contributed by atoms with Crippen molar-refractivity contribution >= 4 is 0 Å². The fourth-order valence-corrected chi connectivity index (χ4v) is 3.25. The van der Waals surface area contributed by atoms with Crippen molar-refractivity contribution in [2.45, 2.75) is 38.1 Å². The van der Waals surface area contributed by atoms with Gasteiger partial charge in [-0.1, -0.05) is 19.1 Å². The van der Waals surface area contributed by atoms with Crippen LogP contribution in [-0.4, -0.2) is 37.1 Å². The van der Waals surface area contributed by atoms with E-state index >= 15 is 0 Å². The lowest BCUT2D eigenvalue weighted by molar-refractivity contribution is 0.178. The second-order valence-electron chi connectivity index (χ2n) is 6.39. The predicted molar refractivity (Wildman–Crippen MR) is 80.4 cm³/mol. The maximum absolute atomic E-state index is 13.4. The number of nitrogens with zero attached hydrogens (tertiary/aromatic N) is 1. The zero-order valence-electron chi connectivity index (χ0n) is 12.3. The van der Waals surface area contributed by atoms with Gasteiger partial charge in [-0.3, -0.25) is 0 Å². The standard InChI is InChI=1S/C17H25FN2/c1-2-20-11-15(14-4-3-5-16(18)8-14)9-17(12-20)19-10-13-6-7-13/h3-5,8,13,15,17,19H,2,6-7,9-12H2,1H3. The summed E-state index contributed by atoms with van der Waals surface area (Å²) in [5.41, 5.74) is 1.15. The van der Waals surface area contributed by atoms with Crippen LogP contribution in [0.15, 0.2) is 24.3 Å². The number of hydrogen-bond donors (Lipinski definition) is 1. The second kappa shape index (κ2) is 6.23. The molecule has 110 valence electrons. The first-order valence-electron chi connectivity index (χ1n) is 7.95. The highest BCUT2D eigenvalue weighted by atomic mass is 19.1. The van der Waals surface area contributed by atoms with Crippen LogP contribution in [0.5, 0.6) is 0 Å². The average molecular weight is 276 g/mol. The van der Waals surface area contributed by atoms with Crippen LogP contribution < -0.4 is 5.32 Å². The van der Waals surface area contributed by atoms with Crippen LogP contribution in [0.4, 0.5) is 4.39 Å². The van der Waals surface area contributed by atoms with E-state index in [1.54, 1.807) is 6.07 Å². The van der Waals surface area contributed by atoms with Gasteiger partial charge >= 0.3 is 0 Å². The first kappa shape index (κ1) is 14.0. The number of rotatable bonds is 5. The Morgan fingerprint density at radius 2 is 2.15 bits per heavy atom. The molecule has 0 radical (unpaired) electrons. The molecule has 2 atom stereocenters. The summed E-state index contributed by atoms with van der Waals surface area (Å²) in [4.78, 5) is 2.49. The van der Waals surface area contributed by atoms with Crippen LogP contribution in [0.1, 0.15) is 37.7 Å². The van der Waals surface area contributed by atoms with Crippen molar-refractivity contribution in [3.05, 3.63) is 35.6 Å². The van der Waals surface area contributed by atoms with E-state index in [9.17, 15) is 4.39 Å². The zero-order chi connectivity index (χ0) is 13.9. The largest absolute Gasteiger partial charge is 0.312 e. The molecule has 0 aromatic heterocycles. The van der Waals surface area contributed by atoms with Gasteiger partial charge in [-0.2, -0.15) is 0 Å². The fourth-order valence-electron chi connectivity index (χ4n) is 3.25. The summed E-state index contributed by atoms with van der Waals surface area (Å²) in [6.07, 6.45) is 3.92. The van der Waals surface area contributed by atoms with E-state index in [0.717, 1.165) is 44.1 Å². The summed E-state index contributed by atoms with van der Waals surface area (Å²) < 4.78 is 13.4. The smallest absolute Gasteiger partial charge is 0.123 e. The third kappa shape index (κ3) is 3.58. The quantitative estimate of drug-likeness (QED) is 0.889. The summed E-state index contributed by atoms with van der Waals surface area (Å²) in [5, 5.41) is 3.73. The van der Waals surface area contributed by atoms with Gasteiger partial charge in [0.25, 0.3) is 0 Å². The number of hydrogen-bond acceptors (Lipinski definition) is 2. The number of piperidine rings is 1. The zero-order valence-corrected chi connectivity index (χ0v) is 12.3. The van der Waals surface area contributed by atoms with Crippen LogP contribution in [0, 0.1) is 11.7 Å². The molecular weight excluding hydrogens is 251 g/mol. The molecule has 3 heteroatoms. The van der Waals surface area contributed by atoms with Gasteiger partial charge in [0, 0.05) is 19.1 Å². The molecule has 0 bridgehead atoms. The van der Waals surface area contributed by atoms with E-state index in [1.807, 2.05) is 6.07 Å². The van der Waals surface area contributed by atoms with Crippen molar-refractivity contribution < 1.29 is 4.39 Å². The minimum atomic E-state index is -0.112. The van der Waals surface area contributed by atoms with E-state index in [4.69, 9.17) is 0 Å². The number of nitrogens with one attached hydrogen (secondary N) is 1. The van der Waals surface area contributed by atoms with Gasteiger partial charge < -0.3 is 10.2 Å². The van der Waals surface area contributed by atoms with E-state index in [-0.39, 0.29) is 5.82 Å². The Kier molecular flexibility index (Phi) is 4.37. The lowest BCUT2D eigenvalue weighted by Gasteiger charge is -2.38. The van der Waals surface area contributed by atoms with E-state index < -0.39 is 0 Å². The van der Waals surface area contributed by atoms with Crippen molar-refractivity contribution in [3.63, 3.8) is 0 Å². The summed E-state index contributed by atoms with van der Waals surface area (Å²) in [7, 11) is 0. The van der Waals surface area contributed by atoms with Crippen molar-refractivity contribution in [1.29, 1.82) is 0 Å². The molecule has 1 aromatic rings. The van der Waals surface area contributed by atoms with Crippen LogP contribution in [-0.2, 0) is 0 Å². The molecule has 1 heterocycles. The van der Waals surface area contributed by atoms with Crippen molar-refractivity contribution in [1.82, 2.24) is 10.2 Å². The van der Waals surface area contributed by atoms with Crippen molar-refractivity contribution in [2.24, 2.45) is 5.92 Å². The molecule has 1 aliphatic carbocycles. The highest BCUT2D eigenvalue weighted by molar-refractivity contribution is 5.22. The fraction of sp³-hybridized carbons (Fsp3) is 0.647. The molecule has 0 spiro atoms. The third-order valence-corrected chi connectivity index (χ3v) is 4.69. The molecule has 1 aliphatic heterocycles. The van der Waals surface area contributed by atoms with Gasteiger partial charge in [0.2, 0.25) is 0 Å². The number of likely N-dealkylation sites (N-methyl/N-ethyl adjacent to an activating group) is 1. The van der Waals surface area contributed by atoms with Crippen LogP contribution in [0.2, 0.25) is 0 Å². The van der Waals surface area contributed by atoms with Crippen LogP contribution in [0.3, 0.4) is 0 Å². The molecule has 0 amide bonds. The predicted octanol–water partition coefficient (Wildman–Crippen LogP) is 3.00. The molecule has 2 aliphatic rings. The van der Waals surface area contributed by atoms with Gasteiger partial charge in [-0.15, -0.1) is 0 Å². The van der Waals surface area contributed by atoms with E-state index in [2.05, 4.69) is 23.2 Å². The number of halogens is 1. The molecule has 1 saturated heterocycles. The summed E-state index contributed by atoms with van der Waals surface area (Å²) in [5.74, 6) is 1.26. The van der Waals surface area contributed by atoms with Gasteiger partial charge in [-0.05, 0) is 61.9 Å². The Morgan fingerprint density at radius 1 is 1.30 bits per heavy atom. The minimum absolute atomic E-state index is 0.112. The maximum Gasteiger partial charge on any atom is 0.123 e. The summed E-state index contributed by atoms with van der Waals surface area (Å²) >= 11 is 0. The highest BCUT2D eigenvalue weighted by Crippen LogP contribution is 2.30. The summed E-state index contributed by atoms with van der Waals surface area (Å²) in [6, 6.07) is 7.71. The Hall–Kier alpha value is -0.930. The molecule has 2 fully saturated rings. The Labute approximate surface area is 121 Å². The van der Waals surface area contributed by atoms with Gasteiger partial charge in [-0.25, -0.2) is 4.39 Å². The Balaban J connectivity index is 1.65. The molecule has 2 unspecified atom stereocenters. The normalized spacial score (nSPS) is 27.7. The van der Waals surface area contributed by atoms with Gasteiger partial charge in [0.15, 0.2) is 0 Å². The number of benzene rings is 1. The first-order chi connectivity index (χ1) is 9.74. The lowest BCUT2D eigenvalue weighted by atomic mass is 9.88. The molecule has 2 nitrogen and oxygen atoms in total. The van der Waals surface area contributed by atoms with E-state index in [0.29, 0.717) is 12.0 Å².